The molecule has 1 aromatic carbocycles. The number of anilines is 1. The lowest BCUT2D eigenvalue weighted by molar-refractivity contribution is -0.129. The summed E-state index contributed by atoms with van der Waals surface area (Å²) in [6.45, 7) is 0.867. The minimum Gasteiger partial charge on any atom is -0.493 e. The molecule has 1 amide bonds. The number of methoxy groups -OCH3 is 2. The number of sulfonamides is 1. The van der Waals surface area contributed by atoms with Gasteiger partial charge in [-0.15, -0.1) is 0 Å². The average molecular weight is 372 g/mol. The van der Waals surface area contributed by atoms with E-state index in [2.05, 4.69) is 5.32 Å². The van der Waals surface area contributed by atoms with Gasteiger partial charge in [0.05, 0.1) is 32.7 Å². The van der Waals surface area contributed by atoms with Gasteiger partial charge in [-0.2, -0.15) is 0 Å². The molecule has 1 fully saturated rings. The Morgan fingerprint density at radius 2 is 2.04 bits per heavy atom. The lowest BCUT2D eigenvalue weighted by atomic mass is 10.2. The van der Waals surface area contributed by atoms with E-state index in [1.54, 1.807) is 18.2 Å². The fourth-order valence-electron chi connectivity index (χ4n) is 2.65. The van der Waals surface area contributed by atoms with Gasteiger partial charge in [0.25, 0.3) is 0 Å². The van der Waals surface area contributed by atoms with Crippen molar-refractivity contribution in [1.29, 1.82) is 0 Å². The lowest BCUT2D eigenvalue weighted by Gasteiger charge is -2.23. The molecule has 1 unspecified atom stereocenters. The van der Waals surface area contributed by atoms with Gasteiger partial charge in [0, 0.05) is 19.2 Å². The van der Waals surface area contributed by atoms with Gasteiger partial charge in [-0.05, 0) is 25.0 Å². The van der Waals surface area contributed by atoms with Crippen molar-refractivity contribution in [3.8, 4) is 11.5 Å². The fourth-order valence-corrected chi connectivity index (χ4v) is 3.56. The van der Waals surface area contributed by atoms with E-state index in [0.717, 1.165) is 12.7 Å². The maximum Gasteiger partial charge on any atom is 0.249 e. The number of amides is 1. The largest absolute Gasteiger partial charge is 0.493 e. The summed E-state index contributed by atoms with van der Waals surface area (Å²) in [5, 5.41) is 2.72. The molecule has 1 aliphatic rings. The Labute approximate surface area is 148 Å². The van der Waals surface area contributed by atoms with Gasteiger partial charge in [-0.25, -0.2) is 8.42 Å². The van der Waals surface area contributed by atoms with Crippen LogP contribution in [0.3, 0.4) is 0 Å². The molecule has 140 valence electrons. The Balaban J connectivity index is 2.08. The van der Waals surface area contributed by atoms with Crippen LogP contribution in [0, 0.1) is 0 Å². The minimum absolute atomic E-state index is 0.104. The number of rotatable bonds is 8. The van der Waals surface area contributed by atoms with E-state index < -0.39 is 16.1 Å². The van der Waals surface area contributed by atoms with Crippen molar-refractivity contribution in [2.45, 2.75) is 18.9 Å². The van der Waals surface area contributed by atoms with E-state index in [1.165, 1.54) is 18.5 Å². The monoisotopic (exact) mass is 372 g/mol. The first-order valence-electron chi connectivity index (χ1n) is 7.96. The number of carbonyl (C=O) groups is 1. The first-order valence-corrected chi connectivity index (χ1v) is 9.80. The van der Waals surface area contributed by atoms with Gasteiger partial charge in [0.2, 0.25) is 15.9 Å². The van der Waals surface area contributed by atoms with Gasteiger partial charge < -0.3 is 19.5 Å². The molecule has 1 heterocycles. The summed E-state index contributed by atoms with van der Waals surface area (Å²) in [6, 6.07) is 4.85. The molecular formula is C16H24N2O6S. The van der Waals surface area contributed by atoms with Crippen molar-refractivity contribution in [3.63, 3.8) is 0 Å². The number of ether oxygens (including phenoxy) is 3. The third kappa shape index (κ3) is 4.99. The summed E-state index contributed by atoms with van der Waals surface area (Å²) in [5.74, 6) is 0.724. The summed E-state index contributed by atoms with van der Waals surface area (Å²) in [5.41, 5.74) is 0.437. The molecule has 9 heteroatoms. The predicted molar refractivity (Wildman–Crippen MR) is 93.7 cm³/mol. The zero-order chi connectivity index (χ0) is 18.4. The first-order chi connectivity index (χ1) is 11.9. The van der Waals surface area contributed by atoms with E-state index in [9.17, 15) is 13.2 Å². The highest BCUT2D eigenvalue weighted by atomic mass is 32.2. The highest BCUT2D eigenvalue weighted by Gasteiger charge is 2.24. The Bertz CT molecular complexity index is 701. The Hall–Kier alpha value is -2.00. The maximum atomic E-state index is 12.1. The van der Waals surface area contributed by atoms with Crippen LogP contribution in [0.2, 0.25) is 0 Å². The molecule has 1 saturated heterocycles. The van der Waals surface area contributed by atoms with Crippen LogP contribution < -0.4 is 19.1 Å². The van der Waals surface area contributed by atoms with Crippen LogP contribution in [-0.2, 0) is 19.6 Å². The highest BCUT2D eigenvalue weighted by molar-refractivity contribution is 7.92. The van der Waals surface area contributed by atoms with Gasteiger partial charge in [0.15, 0.2) is 11.5 Å². The summed E-state index contributed by atoms with van der Waals surface area (Å²) in [6.07, 6.45) is 2.23. The van der Waals surface area contributed by atoms with Gasteiger partial charge in [-0.1, -0.05) is 0 Å². The number of benzene rings is 1. The highest BCUT2D eigenvalue weighted by Crippen LogP contribution is 2.32. The number of nitrogens with zero attached hydrogens (tertiary/aromatic N) is 1. The van der Waals surface area contributed by atoms with E-state index in [-0.39, 0.29) is 19.0 Å². The first kappa shape index (κ1) is 19.3. The second-order valence-corrected chi connectivity index (χ2v) is 7.57. The molecule has 8 nitrogen and oxygen atoms in total. The van der Waals surface area contributed by atoms with Crippen LogP contribution in [0.25, 0.3) is 0 Å². The topological polar surface area (TPSA) is 94.2 Å². The zero-order valence-corrected chi connectivity index (χ0v) is 15.5. The molecule has 25 heavy (non-hydrogen) atoms. The van der Waals surface area contributed by atoms with Gasteiger partial charge in [0.1, 0.15) is 6.10 Å². The Kier molecular flexibility index (Phi) is 6.49. The second kappa shape index (κ2) is 8.39. The van der Waals surface area contributed by atoms with Crippen LogP contribution >= 0.6 is 0 Å². The van der Waals surface area contributed by atoms with E-state index >= 15 is 0 Å². The van der Waals surface area contributed by atoms with Crippen LogP contribution in [0.5, 0.6) is 11.5 Å². The smallest absolute Gasteiger partial charge is 0.249 e. The molecule has 1 N–H and O–H groups in total. The number of nitrogens with one attached hydrogen (secondary N) is 1. The second-order valence-electron chi connectivity index (χ2n) is 5.67. The third-order valence-corrected chi connectivity index (χ3v) is 5.09. The Morgan fingerprint density at radius 3 is 2.60 bits per heavy atom. The maximum absolute atomic E-state index is 12.1. The standard InChI is InChI=1S/C16H24N2O6S/c1-22-13-7-6-12(11-15(13)23-2)18(25(3,20)21)9-8-17-16(19)14-5-4-10-24-14/h6-7,11,14H,4-5,8-10H2,1-3H3,(H,17,19). The van der Waals surface area contributed by atoms with Crippen LogP contribution in [0.4, 0.5) is 5.69 Å². The Morgan fingerprint density at radius 1 is 1.32 bits per heavy atom. The molecule has 1 aromatic rings. The predicted octanol–water partition coefficient (Wildman–Crippen LogP) is 0.765. The van der Waals surface area contributed by atoms with Crippen molar-refractivity contribution in [2.24, 2.45) is 0 Å². The molecule has 0 aliphatic carbocycles. The van der Waals surface area contributed by atoms with E-state index in [4.69, 9.17) is 14.2 Å². The summed E-state index contributed by atoms with van der Waals surface area (Å²) < 4.78 is 41.2. The van der Waals surface area contributed by atoms with Crippen LogP contribution in [-0.4, -0.2) is 60.6 Å². The van der Waals surface area contributed by atoms with Crippen LogP contribution in [0.1, 0.15) is 12.8 Å². The van der Waals surface area contributed by atoms with Gasteiger partial charge >= 0.3 is 0 Å². The van der Waals surface area contributed by atoms with Crippen molar-refractivity contribution < 1.29 is 27.4 Å². The van der Waals surface area contributed by atoms with Crippen molar-refractivity contribution in [2.75, 3.05) is 44.5 Å². The number of hydrogen-bond donors (Lipinski definition) is 1. The molecule has 1 atom stereocenters. The van der Waals surface area contributed by atoms with E-state index in [1.807, 2.05) is 0 Å². The molecule has 0 aromatic heterocycles. The van der Waals surface area contributed by atoms with E-state index in [0.29, 0.717) is 30.2 Å². The summed E-state index contributed by atoms with van der Waals surface area (Å²) in [7, 11) is -0.538. The molecule has 0 spiro atoms. The molecule has 1 aliphatic heterocycles. The molecule has 0 saturated carbocycles. The normalized spacial score (nSPS) is 17.2. The average Bonchev–Trinajstić information content (AvgIpc) is 3.11. The summed E-state index contributed by atoms with van der Waals surface area (Å²) in [4.78, 5) is 12.0. The minimum atomic E-state index is -3.53. The van der Waals surface area contributed by atoms with Crippen molar-refractivity contribution >= 4 is 21.6 Å². The number of hydrogen-bond acceptors (Lipinski definition) is 6. The van der Waals surface area contributed by atoms with Crippen LogP contribution in [0.15, 0.2) is 18.2 Å². The van der Waals surface area contributed by atoms with Gasteiger partial charge in [-0.3, -0.25) is 9.10 Å². The SMILES string of the molecule is COc1ccc(N(CCNC(=O)C2CCCO2)S(C)(=O)=O)cc1OC. The lowest BCUT2D eigenvalue weighted by Crippen LogP contribution is -2.41. The molecular weight excluding hydrogens is 348 g/mol. The quantitative estimate of drug-likeness (QED) is 0.724. The van der Waals surface area contributed by atoms with Crippen molar-refractivity contribution in [3.05, 3.63) is 18.2 Å². The summed E-state index contributed by atoms with van der Waals surface area (Å²) >= 11 is 0. The number of carbonyl (C=O) groups excluding carboxylic acids is 1. The zero-order valence-electron chi connectivity index (χ0n) is 14.6. The van der Waals surface area contributed by atoms with Crippen molar-refractivity contribution in [1.82, 2.24) is 5.32 Å². The molecule has 0 radical (unpaired) electrons. The molecule has 0 bridgehead atoms. The fraction of sp³-hybridized carbons (Fsp3) is 0.562. The molecule has 2 rings (SSSR count). The third-order valence-electron chi connectivity index (χ3n) is 3.89.